The summed E-state index contributed by atoms with van der Waals surface area (Å²) in [6.07, 6.45) is 1.66. The minimum Gasteiger partial charge on any atom is -0.478 e. The van der Waals surface area contributed by atoms with Gasteiger partial charge in [-0.25, -0.2) is 9.78 Å². The Labute approximate surface area is 110 Å². The van der Waals surface area contributed by atoms with E-state index in [1.807, 2.05) is 13.8 Å². The lowest BCUT2D eigenvalue weighted by Crippen LogP contribution is -2.18. The van der Waals surface area contributed by atoms with Crippen molar-refractivity contribution in [3.63, 3.8) is 0 Å². The zero-order valence-electron chi connectivity index (χ0n) is 11.1. The summed E-state index contributed by atoms with van der Waals surface area (Å²) in [5.74, 6) is 1.35. The van der Waals surface area contributed by atoms with Crippen LogP contribution in [0.5, 0.6) is 0 Å². The summed E-state index contributed by atoms with van der Waals surface area (Å²) in [7, 11) is 0. The first-order valence-corrected chi connectivity index (χ1v) is 5.95. The van der Waals surface area contributed by atoms with Gasteiger partial charge >= 0.3 is 5.97 Å². The van der Waals surface area contributed by atoms with E-state index in [0.29, 0.717) is 24.0 Å². The SMILES string of the molecule is Cc1cnc(C(C)NCc2cc(C(=O)O)c(C)o2)o1. The number of nitrogens with one attached hydrogen (secondary N) is 1. The zero-order chi connectivity index (χ0) is 14.0. The number of carboxylic acids is 1. The summed E-state index contributed by atoms with van der Waals surface area (Å²) in [6.45, 7) is 5.79. The van der Waals surface area contributed by atoms with Crippen LogP contribution in [0.25, 0.3) is 0 Å². The Morgan fingerprint density at radius 2 is 2.21 bits per heavy atom. The number of oxazole rings is 1. The van der Waals surface area contributed by atoms with Crippen LogP contribution in [0.15, 0.2) is 21.1 Å². The zero-order valence-corrected chi connectivity index (χ0v) is 11.1. The summed E-state index contributed by atoms with van der Waals surface area (Å²) >= 11 is 0. The van der Waals surface area contributed by atoms with Crippen molar-refractivity contribution in [2.45, 2.75) is 33.4 Å². The quantitative estimate of drug-likeness (QED) is 0.862. The number of nitrogens with zero attached hydrogens (tertiary/aromatic N) is 1. The summed E-state index contributed by atoms with van der Waals surface area (Å²) in [5.41, 5.74) is 0.191. The van der Waals surface area contributed by atoms with Gasteiger partial charge in [0.25, 0.3) is 0 Å². The Balaban J connectivity index is 1.99. The highest BCUT2D eigenvalue weighted by atomic mass is 16.4. The van der Waals surface area contributed by atoms with Gasteiger partial charge in [-0.05, 0) is 26.8 Å². The Bertz CT molecular complexity index is 585. The van der Waals surface area contributed by atoms with Gasteiger partial charge in [0.15, 0.2) is 0 Å². The summed E-state index contributed by atoms with van der Waals surface area (Å²) < 4.78 is 10.8. The van der Waals surface area contributed by atoms with Crippen molar-refractivity contribution >= 4 is 5.97 Å². The minimum atomic E-state index is -0.983. The van der Waals surface area contributed by atoms with Crippen molar-refractivity contribution in [1.82, 2.24) is 10.3 Å². The van der Waals surface area contributed by atoms with Gasteiger partial charge in [0.05, 0.1) is 18.8 Å². The first-order valence-electron chi connectivity index (χ1n) is 5.95. The Morgan fingerprint density at radius 3 is 2.74 bits per heavy atom. The van der Waals surface area contributed by atoms with Crippen molar-refractivity contribution in [2.24, 2.45) is 0 Å². The van der Waals surface area contributed by atoms with Gasteiger partial charge in [-0.1, -0.05) is 0 Å². The van der Waals surface area contributed by atoms with Crippen molar-refractivity contribution < 1.29 is 18.7 Å². The smallest absolute Gasteiger partial charge is 0.339 e. The molecule has 19 heavy (non-hydrogen) atoms. The molecule has 0 aliphatic carbocycles. The Hall–Kier alpha value is -2.08. The third kappa shape index (κ3) is 3.03. The number of aromatic carboxylic acids is 1. The van der Waals surface area contributed by atoms with Gasteiger partial charge in [0, 0.05) is 0 Å². The fourth-order valence-corrected chi connectivity index (χ4v) is 1.76. The standard InChI is InChI=1S/C13H16N2O4/c1-7-5-15-12(18-7)8(2)14-6-10-4-11(13(16)17)9(3)19-10/h4-5,8,14H,6H2,1-3H3,(H,16,17). The van der Waals surface area contributed by atoms with Crippen LogP contribution in [0.3, 0.4) is 0 Å². The van der Waals surface area contributed by atoms with Crippen LogP contribution in [0.2, 0.25) is 0 Å². The topological polar surface area (TPSA) is 88.5 Å². The van der Waals surface area contributed by atoms with Crippen LogP contribution < -0.4 is 5.32 Å². The third-order valence-electron chi connectivity index (χ3n) is 2.79. The molecule has 2 aromatic rings. The molecule has 2 N–H and O–H groups in total. The Morgan fingerprint density at radius 1 is 1.47 bits per heavy atom. The predicted molar refractivity (Wildman–Crippen MR) is 66.9 cm³/mol. The molecule has 102 valence electrons. The molecule has 0 amide bonds. The molecule has 1 unspecified atom stereocenters. The molecule has 6 nitrogen and oxygen atoms in total. The molecule has 6 heteroatoms. The lowest BCUT2D eigenvalue weighted by atomic mass is 10.2. The summed E-state index contributed by atoms with van der Waals surface area (Å²) in [4.78, 5) is 15.0. The molecule has 2 rings (SSSR count). The largest absolute Gasteiger partial charge is 0.478 e. The van der Waals surface area contributed by atoms with E-state index in [9.17, 15) is 4.79 Å². The molecule has 2 aromatic heterocycles. The molecule has 0 bridgehead atoms. The van der Waals surface area contributed by atoms with E-state index < -0.39 is 5.97 Å². The number of hydrogen-bond acceptors (Lipinski definition) is 5. The molecule has 0 aliphatic rings. The number of hydrogen-bond donors (Lipinski definition) is 2. The van der Waals surface area contributed by atoms with Crippen molar-refractivity contribution in [1.29, 1.82) is 0 Å². The average Bonchev–Trinajstić information content (AvgIpc) is 2.92. The van der Waals surface area contributed by atoms with E-state index in [2.05, 4.69) is 10.3 Å². The van der Waals surface area contributed by atoms with E-state index in [-0.39, 0.29) is 11.6 Å². The molecule has 0 fully saturated rings. The number of furan rings is 1. The molecule has 1 atom stereocenters. The average molecular weight is 264 g/mol. The summed E-state index contributed by atoms with van der Waals surface area (Å²) in [5, 5.41) is 12.1. The number of carboxylic acid groups (broad SMARTS) is 1. The normalized spacial score (nSPS) is 12.6. The van der Waals surface area contributed by atoms with E-state index >= 15 is 0 Å². The molecular weight excluding hydrogens is 248 g/mol. The second-order valence-corrected chi connectivity index (χ2v) is 4.40. The maximum atomic E-state index is 10.9. The number of carbonyl (C=O) groups is 1. The first-order chi connectivity index (χ1) is 8.97. The highest BCUT2D eigenvalue weighted by molar-refractivity contribution is 5.88. The monoisotopic (exact) mass is 264 g/mol. The second kappa shape index (κ2) is 5.27. The lowest BCUT2D eigenvalue weighted by molar-refractivity contribution is 0.0695. The van der Waals surface area contributed by atoms with Crippen LogP contribution >= 0.6 is 0 Å². The van der Waals surface area contributed by atoms with E-state index in [1.165, 1.54) is 6.07 Å². The van der Waals surface area contributed by atoms with Crippen LogP contribution in [-0.2, 0) is 6.54 Å². The van der Waals surface area contributed by atoms with Crippen molar-refractivity contribution in [3.8, 4) is 0 Å². The Kier molecular flexibility index (Phi) is 3.71. The third-order valence-corrected chi connectivity index (χ3v) is 2.79. The highest BCUT2D eigenvalue weighted by Crippen LogP contribution is 2.17. The molecular formula is C13H16N2O4. The fraction of sp³-hybridized carbons (Fsp3) is 0.385. The maximum absolute atomic E-state index is 10.9. The molecule has 0 aliphatic heterocycles. The van der Waals surface area contributed by atoms with Gasteiger partial charge in [-0.2, -0.15) is 0 Å². The first kappa shape index (κ1) is 13.4. The van der Waals surface area contributed by atoms with Crippen LogP contribution in [-0.4, -0.2) is 16.1 Å². The van der Waals surface area contributed by atoms with Gasteiger partial charge in [-0.15, -0.1) is 0 Å². The number of aromatic nitrogens is 1. The second-order valence-electron chi connectivity index (χ2n) is 4.40. The lowest BCUT2D eigenvalue weighted by Gasteiger charge is -2.08. The van der Waals surface area contributed by atoms with E-state index in [0.717, 1.165) is 5.76 Å². The van der Waals surface area contributed by atoms with Gasteiger partial charge in [0.1, 0.15) is 22.8 Å². The van der Waals surface area contributed by atoms with Gasteiger partial charge in [0.2, 0.25) is 5.89 Å². The molecule has 0 saturated carbocycles. The minimum absolute atomic E-state index is 0.0765. The van der Waals surface area contributed by atoms with Crippen LogP contribution in [0, 0.1) is 13.8 Å². The number of aryl methyl sites for hydroxylation is 2. The molecule has 0 radical (unpaired) electrons. The highest BCUT2D eigenvalue weighted by Gasteiger charge is 2.15. The molecule has 2 heterocycles. The van der Waals surface area contributed by atoms with Crippen molar-refractivity contribution in [2.75, 3.05) is 0 Å². The van der Waals surface area contributed by atoms with Gasteiger partial charge in [-0.3, -0.25) is 5.32 Å². The predicted octanol–water partition coefficient (Wildman–Crippen LogP) is 2.43. The summed E-state index contributed by atoms with van der Waals surface area (Å²) in [6, 6.07) is 1.45. The van der Waals surface area contributed by atoms with Gasteiger partial charge < -0.3 is 13.9 Å². The van der Waals surface area contributed by atoms with E-state index in [1.54, 1.807) is 13.1 Å². The fourth-order valence-electron chi connectivity index (χ4n) is 1.76. The number of rotatable bonds is 5. The van der Waals surface area contributed by atoms with E-state index in [4.69, 9.17) is 13.9 Å². The maximum Gasteiger partial charge on any atom is 0.339 e. The van der Waals surface area contributed by atoms with Crippen molar-refractivity contribution in [3.05, 3.63) is 41.0 Å². The molecule has 0 aromatic carbocycles. The van der Waals surface area contributed by atoms with Crippen LogP contribution in [0.1, 0.15) is 46.5 Å². The molecule has 0 spiro atoms. The van der Waals surface area contributed by atoms with Crippen LogP contribution in [0.4, 0.5) is 0 Å². The molecule has 0 saturated heterocycles.